The van der Waals surface area contributed by atoms with Crippen LogP contribution < -0.4 is 16.8 Å². The van der Waals surface area contributed by atoms with E-state index in [2.05, 4.69) is 10.3 Å². The Bertz CT molecular complexity index is 988. The fourth-order valence-corrected chi connectivity index (χ4v) is 6.32. The number of rotatable bonds is 5. The molecule has 4 aliphatic carbocycles. The molecule has 2 amide bonds. The summed E-state index contributed by atoms with van der Waals surface area (Å²) in [4.78, 5) is 28.4. The van der Waals surface area contributed by atoms with Crippen molar-refractivity contribution < 1.29 is 14.3 Å². The SMILES string of the molecule is CC(Cc1c[nH]c2ccccc12)(NC(=O)OC1C2CC3CC(C2)C(N)C1C3)C(N)=O. The van der Waals surface area contributed by atoms with E-state index < -0.39 is 17.5 Å². The Balaban J connectivity index is 1.31. The summed E-state index contributed by atoms with van der Waals surface area (Å²) in [6.07, 6.45) is 5.79. The van der Waals surface area contributed by atoms with Gasteiger partial charge in [0.1, 0.15) is 11.6 Å². The van der Waals surface area contributed by atoms with Crippen LogP contribution in [-0.4, -0.2) is 34.7 Å². The molecule has 0 radical (unpaired) electrons. The van der Waals surface area contributed by atoms with Crippen LogP contribution in [0.3, 0.4) is 0 Å². The van der Waals surface area contributed by atoms with Gasteiger partial charge in [-0.1, -0.05) is 18.2 Å². The van der Waals surface area contributed by atoms with Gasteiger partial charge in [-0.3, -0.25) is 4.79 Å². The number of para-hydroxylation sites is 1. The van der Waals surface area contributed by atoms with E-state index in [1.165, 1.54) is 6.42 Å². The van der Waals surface area contributed by atoms with Gasteiger partial charge in [-0.25, -0.2) is 4.79 Å². The number of carbonyl (C=O) groups is 2. The van der Waals surface area contributed by atoms with Crippen LogP contribution in [-0.2, 0) is 16.0 Å². The minimum atomic E-state index is -1.25. The molecule has 6 rings (SSSR count). The van der Waals surface area contributed by atoms with Gasteiger partial charge in [0.05, 0.1) is 0 Å². The Morgan fingerprint density at radius 2 is 1.97 bits per heavy atom. The average Bonchev–Trinajstić information content (AvgIpc) is 3.10. The number of hydrogen-bond donors (Lipinski definition) is 4. The van der Waals surface area contributed by atoms with Crippen molar-refractivity contribution >= 4 is 22.9 Å². The number of hydrogen-bond acceptors (Lipinski definition) is 4. The monoisotopic (exact) mass is 410 g/mol. The van der Waals surface area contributed by atoms with Crippen LogP contribution in [0.15, 0.2) is 30.5 Å². The van der Waals surface area contributed by atoms with E-state index in [9.17, 15) is 9.59 Å². The summed E-state index contributed by atoms with van der Waals surface area (Å²) in [5.41, 5.74) is 12.8. The molecule has 160 valence electrons. The van der Waals surface area contributed by atoms with Crippen LogP contribution in [0.1, 0.15) is 38.2 Å². The first-order chi connectivity index (χ1) is 14.3. The summed E-state index contributed by atoms with van der Waals surface area (Å²) < 4.78 is 5.90. The highest BCUT2D eigenvalue weighted by Crippen LogP contribution is 2.54. The molecule has 1 aromatic carbocycles. The van der Waals surface area contributed by atoms with Gasteiger partial charge in [0, 0.05) is 35.5 Å². The lowest BCUT2D eigenvalue weighted by atomic mass is 9.53. The normalized spacial score (nSPS) is 33.9. The third-order valence-electron chi connectivity index (χ3n) is 7.79. The largest absolute Gasteiger partial charge is 0.446 e. The van der Waals surface area contributed by atoms with E-state index >= 15 is 0 Å². The van der Waals surface area contributed by atoms with Crippen LogP contribution in [0.2, 0.25) is 0 Å². The number of amides is 2. The average molecular weight is 411 g/mol. The quantitative estimate of drug-likeness (QED) is 0.604. The molecule has 1 aromatic heterocycles. The van der Waals surface area contributed by atoms with Crippen molar-refractivity contribution in [3.8, 4) is 0 Å². The fourth-order valence-electron chi connectivity index (χ4n) is 6.32. The number of carbonyl (C=O) groups excluding carboxylic acids is 2. The van der Waals surface area contributed by atoms with Crippen molar-refractivity contribution in [2.24, 2.45) is 35.1 Å². The van der Waals surface area contributed by atoms with Crippen LogP contribution in [0, 0.1) is 23.7 Å². The molecule has 4 bridgehead atoms. The van der Waals surface area contributed by atoms with Gasteiger partial charge in [0.2, 0.25) is 5.91 Å². The van der Waals surface area contributed by atoms with Gasteiger partial charge in [-0.2, -0.15) is 0 Å². The Labute approximate surface area is 175 Å². The molecule has 4 aliphatic rings. The molecule has 7 unspecified atom stereocenters. The molecular weight excluding hydrogens is 380 g/mol. The standard InChI is InChI=1S/C23H30N4O3/c1-23(21(25)28,10-15-11-26-18-5-3-2-4-16(15)18)27-22(29)30-20-14-7-12-6-13(9-14)19(24)17(20)8-12/h2-5,11-14,17,19-20,26H,6-10,24H2,1H3,(H2,25,28)(H,27,29). The molecule has 4 fully saturated rings. The summed E-state index contributed by atoms with van der Waals surface area (Å²) in [7, 11) is 0. The molecule has 1 heterocycles. The molecule has 7 atom stereocenters. The predicted octanol–water partition coefficient (Wildman–Crippen LogP) is 2.44. The summed E-state index contributed by atoms with van der Waals surface area (Å²) in [5.74, 6) is 1.30. The molecular formula is C23H30N4O3. The molecule has 0 aliphatic heterocycles. The summed E-state index contributed by atoms with van der Waals surface area (Å²) in [6.45, 7) is 1.65. The second-order valence-electron chi connectivity index (χ2n) is 9.80. The first-order valence-electron chi connectivity index (χ1n) is 10.9. The van der Waals surface area contributed by atoms with Crippen LogP contribution in [0.25, 0.3) is 10.9 Å². The number of H-pyrrole nitrogens is 1. The smallest absolute Gasteiger partial charge is 0.408 e. The lowest BCUT2D eigenvalue weighted by molar-refractivity contribution is -0.125. The summed E-state index contributed by atoms with van der Waals surface area (Å²) >= 11 is 0. The van der Waals surface area contributed by atoms with E-state index in [1.807, 2.05) is 30.5 Å². The molecule has 30 heavy (non-hydrogen) atoms. The minimum Gasteiger partial charge on any atom is -0.446 e. The third-order valence-corrected chi connectivity index (χ3v) is 7.79. The highest BCUT2D eigenvalue weighted by Gasteiger charge is 2.54. The molecule has 7 nitrogen and oxygen atoms in total. The minimum absolute atomic E-state index is 0.101. The zero-order chi connectivity index (χ0) is 21.0. The maximum absolute atomic E-state index is 12.9. The summed E-state index contributed by atoms with van der Waals surface area (Å²) in [6, 6.07) is 7.94. The van der Waals surface area contributed by atoms with Crippen LogP contribution in [0.4, 0.5) is 4.79 Å². The first kappa shape index (κ1) is 19.4. The first-order valence-corrected chi connectivity index (χ1v) is 10.9. The molecule has 4 saturated carbocycles. The Hall–Kier alpha value is -2.54. The number of fused-ring (bicyclic) bond motifs is 1. The predicted molar refractivity (Wildman–Crippen MR) is 113 cm³/mol. The van der Waals surface area contributed by atoms with Gasteiger partial charge in [0.25, 0.3) is 0 Å². The van der Waals surface area contributed by atoms with E-state index in [1.54, 1.807) is 6.92 Å². The van der Waals surface area contributed by atoms with Crippen molar-refractivity contribution in [1.82, 2.24) is 10.3 Å². The number of alkyl carbamates (subject to hydrolysis) is 1. The maximum Gasteiger partial charge on any atom is 0.408 e. The number of aromatic nitrogens is 1. The Kier molecular flexibility index (Phi) is 4.54. The van der Waals surface area contributed by atoms with E-state index in [0.29, 0.717) is 11.8 Å². The van der Waals surface area contributed by atoms with Crippen molar-refractivity contribution in [3.63, 3.8) is 0 Å². The van der Waals surface area contributed by atoms with Gasteiger partial charge in [0.15, 0.2) is 0 Å². The molecule has 0 spiro atoms. The maximum atomic E-state index is 12.9. The van der Waals surface area contributed by atoms with Crippen LogP contribution in [0.5, 0.6) is 0 Å². The van der Waals surface area contributed by atoms with E-state index in [4.69, 9.17) is 16.2 Å². The second kappa shape index (κ2) is 7.01. The number of nitrogens with two attached hydrogens (primary N) is 2. The Morgan fingerprint density at radius 1 is 1.20 bits per heavy atom. The lowest BCUT2D eigenvalue weighted by Crippen LogP contribution is -2.62. The number of nitrogens with one attached hydrogen (secondary N) is 2. The topological polar surface area (TPSA) is 123 Å². The van der Waals surface area contributed by atoms with Crippen molar-refractivity contribution in [2.75, 3.05) is 0 Å². The zero-order valence-corrected chi connectivity index (χ0v) is 17.3. The third kappa shape index (κ3) is 3.16. The van der Waals surface area contributed by atoms with Crippen molar-refractivity contribution in [2.45, 2.75) is 56.7 Å². The zero-order valence-electron chi connectivity index (χ0n) is 17.3. The number of aromatic amines is 1. The Morgan fingerprint density at radius 3 is 2.77 bits per heavy atom. The van der Waals surface area contributed by atoms with Gasteiger partial charge in [-0.15, -0.1) is 0 Å². The van der Waals surface area contributed by atoms with Gasteiger partial charge >= 0.3 is 6.09 Å². The van der Waals surface area contributed by atoms with E-state index in [0.717, 1.165) is 41.6 Å². The summed E-state index contributed by atoms with van der Waals surface area (Å²) in [5, 5.41) is 3.79. The molecule has 0 saturated heterocycles. The number of benzene rings is 1. The lowest BCUT2D eigenvalue weighted by Gasteiger charge is -2.56. The molecule has 2 aromatic rings. The second-order valence-corrected chi connectivity index (χ2v) is 9.80. The van der Waals surface area contributed by atoms with Crippen LogP contribution >= 0.6 is 0 Å². The van der Waals surface area contributed by atoms with Gasteiger partial charge in [-0.05, 0) is 62.0 Å². The molecule has 6 N–H and O–H groups in total. The number of ether oxygens (including phenoxy) is 1. The van der Waals surface area contributed by atoms with Crippen molar-refractivity contribution in [1.29, 1.82) is 0 Å². The van der Waals surface area contributed by atoms with Gasteiger partial charge < -0.3 is 26.5 Å². The molecule has 7 heteroatoms. The number of primary amides is 1. The van der Waals surface area contributed by atoms with Crippen molar-refractivity contribution in [3.05, 3.63) is 36.0 Å². The van der Waals surface area contributed by atoms with E-state index in [-0.39, 0.29) is 24.5 Å². The highest BCUT2D eigenvalue weighted by atomic mass is 16.6. The highest BCUT2D eigenvalue weighted by molar-refractivity contribution is 5.90. The fraction of sp³-hybridized carbons (Fsp3) is 0.565.